The number of carbonyl (C=O) groups is 1. The SMILES string of the molecule is CCCN(c1ncc2ccn(S(=O)(=O)c3ccc(C)cc3)c2n1)[C@H]1CCCN(C(=O)OC(C)(C)C)C1. The van der Waals surface area contributed by atoms with Gasteiger partial charge < -0.3 is 14.5 Å². The zero-order chi connectivity index (χ0) is 26.1. The summed E-state index contributed by atoms with van der Waals surface area (Å²) in [6, 6.07) is 8.48. The fourth-order valence-corrected chi connectivity index (χ4v) is 5.73. The monoisotopic (exact) mass is 513 g/mol. The van der Waals surface area contributed by atoms with Crippen molar-refractivity contribution in [1.82, 2.24) is 18.8 Å². The average molecular weight is 514 g/mol. The lowest BCUT2D eigenvalue weighted by Gasteiger charge is -2.39. The van der Waals surface area contributed by atoms with Crippen LogP contribution in [0.3, 0.4) is 0 Å². The van der Waals surface area contributed by atoms with Gasteiger partial charge in [0.15, 0.2) is 5.65 Å². The molecule has 1 aromatic carbocycles. The van der Waals surface area contributed by atoms with E-state index in [1.54, 1.807) is 41.4 Å². The molecule has 3 aromatic rings. The van der Waals surface area contributed by atoms with E-state index < -0.39 is 15.6 Å². The number of likely N-dealkylation sites (tertiary alicyclic amines) is 1. The van der Waals surface area contributed by atoms with Crippen LogP contribution in [0.4, 0.5) is 10.7 Å². The summed E-state index contributed by atoms with van der Waals surface area (Å²) >= 11 is 0. The first-order valence-electron chi connectivity index (χ1n) is 12.4. The topological polar surface area (TPSA) is 97.6 Å². The quantitative estimate of drug-likeness (QED) is 0.475. The average Bonchev–Trinajstić information content (AvgIpc) is 3.26. The van der Waals surface area contributed by atoms with Gasteiger partial charge >= 0.3 is 6.09 Å². The molecule has 0 spiro atoms. The molecule has 0 bridgehead atoms. The van der Waals surface area contributed by atoms with E-state index in [4.69, 9.17) is 9.72 Å². The van der Waals surface area contributed by atoms with Crippen molar-refractivity contribution in [1.29, 1.82) is 0 Å². The van der Waals surface area contributed by atoms with E-state index in [2.05, 4.69) is 16.8 Å². The Balaban J connectivity index is 1.66. The Morgan fingerprint density at radius 3 is 2.58 bits per heavy atom. The van der Waals surface area contributed by atoms with Crippen molar-refractivity contribution >= 4 is 33.1 Å². The molecule has 1 fully saturated rings. The minimum Gasteiger partial charge on any atom is -0.444 e. The summed E-state index contributed by atoms with van der Waals surface area (Å²) in [5.74, 6) is 0.458. The number of piperidine rings is 1. The van der Waals surface area contributed by atoms with Gasteiger partial charge in [0.2, 0.25) is 5.95 Å². The molecular formula is C26H35N5O4S. The van der Waals surface area contributed by atoms with Crippen molar-refractivity contribution in [3.63, 3.8) is 0 Å². The first-order chi connectivity index (χ1) is 17.0. The molecule has 0 unspecified atom stereocenters. The van der Waals surface area contributed by atoms with E-state index in [1.807, 2.05) is 27.7 Å². The molecule has 1 aliphatic heterocycles. The highest BCUT2D eigenvalue weighted by molar-refractivity contribution is 7.90. The summed E-state index contributed by atoms with van der Waals surface area (Å²) in [5, 5.41) is 0.643. The van der Waals surface area contributed by atoms with Gasteiger partial charge in [0.25, 0.3) is 10.0 Å². The molecule has 4 rings (SSSR count). The third-order valence-electron chi connectivity index (χ3n) is 6.17. The van der Waals surface area contributed by atoms with Crippen LogP contribution >= 0.6 is 0 Å². The Labute approximate surface area is 213 Å². The van der Waals surface area contributed by atoms with Crippen molar-refractivity contribution < 1.29 is 17.9 Å². The van der Waals surface area contributed by atoms with Crippen LogP contribution < -0.4 is 4.90 Å². The van der Waals surface area contributed by atoms with Gasteiger partial charge in [-0.25, -0.2) is 22.2 Å². The van der Waals surface area contributed by atoms with Crippen LogP contribution in [0.2, 0.25) is 0 Å². The lowest BCUT2D eigenvalue weighted by Crippen LogP contribution is -2.51. The summed E-state index contributed by atoms with van der Waals surface area (Å²) in [4.78, 5) is 26.1. The van der Waals surface area contributed by atoms with Crippen molar-refractivity contribution in [3.8, 4) is 0 Å². The van der Waals surface area contributed by atoms with Gasteiger partial charge in [-0.05, 0) is 65.2 Å². The van der Waals surface area contributed by atoms with E-state index in [-0.39, 0.29) is 17.0 Å². The van der Waals surface area contributed by atoms with E-state index >= 15 is 0 Å². The van der Waals surface area contributed by atoms with Gasteiger partial charge in [-0.15, -0.1) is 0 Å². The number of aromatic nitrogens is 3. The van der Waals surface area contributed by atoms with Gasteiger partial charge in [0.1, 0.15) is 5.60 Å². The van der Waals surface area contributed by atoms with Crippen molar-refractivity contribution in [2.45, 2.75) is 70.4 Å². The second kappa shape index (κ2) is 10.1. The number of anilines is 1. The Morgan fingerprint density at radius 2 is 1.92 bits per heavy atom. The molecule has 0 aliphatic carbocycles. The maximum atomic E-state index is 13.4. The molecule has 0 N–H and O–H groups in total. The molecule has 10 heteroatoms. The van der Waals surface area contributed by atoms with E-state index in [0.717, 1.165) is 24.8 Å². The van der Waals surface area contributed by atoms with Crippen LogP contribution in [0.15, 0.2) is 47.6 Å². The number of rotatable bonds is 6. The summed E-state index contributed by atoms with van der Waals surface area (Å²) in [7, 11) is -3.82. The number of carbonyl (C=O) groups excluding carboxylic acids is 1. The summed E-state index contributed by atoms with van der Waals surface area (Å²) in [6.07, 6.45) is 5.43. The predicted octanol–water partition coefficient (Wildman–Crippen LogP) is 4.59. The summed E-state index contributed by atoms with van der Waals surface area (Å²) in [6.45, 7) is 11.4. The van der Waals surface area contributed by atoms with Crippen LogP contribution in [0, 0.1) is 6.92 Å². The Morgan fingerprint density at radius 1 is 1.19 bits per heavy atom. The Hall–Kier alpha value is -3.14. The lowest BCUT2D eigenvalue weighted by molar-refractivity contribution is 0.0197. The van der Waals surface area contributed by atoms with Gasteiger partial charge in [-0.2, -0.15) is 4.98 Å². The van der Waals surface area contributed by atoms with E-state index in [1.165, 1.54) is 10.2 Å². The Kier molecular flexibility index (Phi) is 7.26. The van der Waals surface area contributed by atoms with E-state index in [9.17, 15) is 13.2 Å². The second-order valence-corrected chi connectivity index (χ2v) is 12.1. The highest BCUT2D eigenvalue weighted by Crippen LogP contribution is 2.26. The molecule has 1 saturated heterocycles. The van der Waals surface area contributed by atoms with Gasteiger partial charge in [-0.3, -0.25) is 0 Å². The first kappa shape index (κ1) is 25.9. The number of hydrogen-bond donors (Lipinski definition) is 0. The van der Waals surface area contributed by atoms with Crippen LogP contribution in [0.5, 0.6) is 0 Å². The summed E-state index contributed by atoms with van der Waals surface area (Å²) in [5.41, 5.74) is 0.760. The maximum Gasteiger partial charge on any atom is 0.410 e. The van der Waals surface area contributed by atoms with Crippen molar-refractivity contribution in [3.05, 3.63) is 48.3 Å². The number of amides is 1. The number of benzene rings is 1. The number of aryl methyl sites for hydroxylation is 1. The number of ether oxygens (including phenoxy) is 1. The molecule has 0 radical (unpaired) electrons. The first-order valence-corrected chi connectivity index (χ1v) is 13.8. The minimum absolute atomic E-state index is 0.000728. The molecule has 36 heavy (non-hydrogen) atoms. The van der Waals surface area contributed by atoms with Crippen LogP contribution in [0.1, 0.15) is 52.5 Å². The molecule has 0 saturated carbocycles. The summed E-state index contributed by atoms with van der Waals surface area (Å²) < 4.78 is 33.6. The fourth-order valence-electron chi connectivity index (χ4n) is 4.43. The largest absolute Gasteiger partial charge is 0.444 e. The van der Waals surface area contributed by atoms with Crippen LogP contribution in [-0.4, -0.2) is 64.6 Å². The molecule has 1 aliphatic rings. The normalized spacial score (nSPS) is 16.8. The third-order valence-corrected chi connectivity index (χ3v) is 7.85. The van der Waals surface area contributed by atoms with Gasteiger partial charge in [0, 0.05) is 43.5 Å². The Bertz CT molecular complexity index is 1330. The highest BCUT2D eigenvalue weighted by Gasteiger charge is 2.32. The van der Waals surface area contributed by atoms with Crippen molar-refractivity contribution in [2.75, 3.05) is 24.5 Å². The zero-order valence-corrected chi connectivity index (χ0v) is 22.5. The molecule has 3 heterocycles. The predicted molar refractivity (Wildman–Crippen MR) is 140 cm³/mol. The second-order valence-electron chi connectivity index (χ2n) is 10.3. The minimum atomic E-state index is -3.82. The van der Waals surface area contributed by atoms with Gasteiger partial charge in [0.05, 0.1) is 4.90 Å². The number of hydrogen-bond acceptors (Lipinski definition) is 7. The zero-order valence-electron chi connectivity index (χ0n) is 21.6. The standard InChI is InChI=1S/C26H35N5O4S/c1-6-14-30(21-8-7-15-29(18-21)25(32)35-26(3,4)5)24-27-17-20-13-16-31(23(20)28-24)36(33,34)22-11-9-19(2)10-12-22/h9-13,16-17,21H,6-8,14-15,18H2,1-5H3/t21-/m0/s1. The van der Waals surface area contributed by atoms with Gasteiger partial charge in [-0.1, -0.05) is 24.6 Å². The molecular weight excluding hydrogens is 478 g/mol. The molecule has 9 nitrogen and oxygen atoms in total. The van der Waals surface area contributed by atoms with Crippen molar-refractivity contribution in [2.24, 2.45) is 0 Å². The molecule has 194 valence electrons. The van der Waals surface area contributed by atoms with Crippen LogP contribution in [-0.2, 0) is 14.8 Å². The molecule has 2 aromatic heterocycles. The van der Waals surface area contributed by atoms with E-state index in [0.29, 0.717) is 36.6 Å². The number of fused-ring (bicyclic) bond motifs is 1. The third kappa shape index (κ3) is 5.48. The number of nitrogens with zero attached hydrogens (tertiary/aromatic N) is 5. The fraction of sp³-hybridized carbons (Fsp3) is 0.500. The smallest absolute Gasteiger partial charge is 0.410 e. The highest BCUT2D eigenvalue weighted by atomic mass is 32.2. The van der Waals surface area contributed by atoms with Crippen LogP contribution in [0.25, 0.3) is 11.0 Å². The molecule has 1 amide bonds. The molecule has 1 atom stereocenters. The maximum absolute atomic E-state index is 13.4. The lowest BCUT2D eigenvalue weighted by atomic mass is 10.0.